The van der Waals surface area contributed by atoms with Crippen molar-refractivity contribution in [3.05, 3.63) is 30.2 Å². The van der Waals surface area contributed by atoms with Crippen LogP contribution >= 0.6 is 11.8 Å². The highest BCUT2D eigenvalue weighted by molar-refractivity contribution is 8.00. The van der Waals surface area contributed by atoms with Crippen molar-refractivity contribution in [2.75, 3.05) is 11.5 Å². The highest BCUT2D eigenvalue weighted by atomic mass is 32.2. The SMILES string of the molecule is CC(NC(=O)CSCC(=O)O)c1nnc2ccccn12. The molecule has 2 N–H and O–H groups in total. The van der Waals surface area contributed by atoms with Crippen molar-refractivity contribution < 1.29 is 14.7 Å². The van der Waals surface area contributed by atoms with Gasteiger partial charge in [-0.3, -0.25) is 14.0 Å². The van der Waals surface area contributed by atoms with E-state index in [0.29, 0.717) is 11.5 Å². The fraction of sp³-hybridized carbons (Fsp3) is 0.333. The lowest BCUT2D eigenvalue weighted by Crippen LogP contribution is -2.29. The van der Waals surface area contributed by atoms with Gasteiger partial charge in [0.15, 0.2) is 11.5 Å². The zero-order chi connectivity index (χ0) is 14.5. The smallest absolute Gasteiger partial charge is 0.313 e. The number of carbonyl (C=O) groups excluding carboxylic acids is 1. The molecule has 1 unspecified atom stereocenters. The third-order valence-corrected chi connectivity index (χ3v) is 3.48. The number of amides is 1. The van der Waals surface area contributed by atoms with Gasteiger partial charge in [-0.15, -0.1) is 22.0 Å². The molecule has 8 heteroatoms. The van der Waals surface area contributed by atoms with Gasteiger partial charge in [0, 0.05) is 6.20 Å². The van der Waals surface area contributed by atoms with E-state index >= 15 is 0 Å². The Morgan fingerprint density at radius 3 is 2.95 bits per heavy atom. The van der Waals surface area contributed by atoms with Crippen LogP contribution in [0.15, 0.2) is 24.4 Å². The first-order valence-corrected chi connectivity index (χ1v) is 7.12. The summed E-state index contributed by atoms with van der Waals surface area (Å²) < 4.78 is 1.80. The Hall–Kier alpha value is -2.09. The molecule has 2 rings (SSSR count). The van der Waals surface area contributed by atoms with Gasteiger partial charge in [-0.05, 0) is 19.1 Å². The summed E-state index contributed by atoms with van der Waals surface area (Å²) in [5.74, 6) is -0.504. The molecule has 20 heavy (non-hydrogen) atoms. The van der Waals surface area contributed by atoms with Gasteiger partial charge in [0.1, 0.15) is 0 Å². The molecule has 0 aliphatic heterocycles. The number of carboxylic acid groups (broad SMARTS) is 1. The first-order valence-electron chi connectivity index (χ1n) is 5.96. The molecule has 0 saturated heterocycles. The van der Waals surface area contributed by atoms with Crippen molar-refractivity contribution >= 4 is 29.3 Å². The minimum atomic E-state index is -0.931. The molecule has 0 spiro atoms. The van der Waals surface area contributed by atoms with Crippen LogP contribution in [0.3, 0.4) is 0 Å². The number of rotatable bonds is 6. The molecule has 0 bridgehead atoms. The number of aliphatic carboxylic acids is 1. The van der Waals surface area contributed by atoms with Gasteiger partial charge in [0.25, 0.3) is 0 Å². The van der Waals surface area contributed by atoms with Crippen LogP contribution in [0.1, 0.15) is 18.8 Å². The van der Waals surface area contributed by atoms with Crippen molar-refractivity contribution in [3.8, 4) is 0 Å². The molecular formula is C12H14N4O3S. The van der Waals surface area contributed by atoms with E-state index in [9.17, 15) is 9.59 Å². The molecule has 0 aromatic carbocycles. The van der Waals surface area contributed by atoms with E-state index in [1.165, 1.54) is 0 Å². The Balaban J connectivity index is 1.96. The Labute approximate surface area is 119 Å². The lowest BCUT2D eigenvalue weighted by atomic mass is 10.3. The number of hydrogen-bond acceptors (Lipinski definition) is 5. The zero-order valence-electron chi connectivity index (χ0n) is 10.8. The van der Waals surface area contributed by atoms with Crippen molar-refractivity contribution in [1.29, 1.82) is 0 Å². The van der Waals surface area contributed by atoms with Crippen LogP contribution < -0.4 is 5.32 Å². The maximum absolute atomic E-state index is 11.7. The third-order valence-electron chi connectivity index (χ3n) is 2.56. The van der Waals surface area contributed by atoms with E-state index in [-0.39, 0.29) is 23.5 Å². The fourth-order valence-electron chi connectivity index (χ4n) is 1.73. The third kappa shape index (κ3) is 3.47. The van der Waals surface area contributed by atoms with Crippen molar-refractivity contribution in [3.63, 3.8) is 0 Å². The van der Waals surface area contributed by atoms with Crippen LogP contribution in [0.4, 0.5) is 0 Å². The second-order valence-electron chi connectivity index (χ2n) is 4.16. The van der Waals surface area contributed by atoms with E-state index < -0.39 is 5.97 Å². The summed E-state index contributed by atoms with van der Waals surface area (Å²) in [6, 6.07) is 5.25. The highest BCUT2D eigenvalue weighted by Gasteiger charge is 2.15. The number of nitrogens with zero attached hydrogens (tertiary/aromatic N) is 3. The van der Waals surface area contributed by atoms with Gasteiger partial charge < -0.3 is 10.4 Å². The number of carboxylic acids is 1. The Morgan fingerprint density at radius 1 is 1.40 bits per heavy atom. The lowest BCUT2D eigenvalue weighted by molar-refractivity contribution is -0.133. The number of fused-ring (bicyclic) bond motifs is 1. The number of pyridine rings is 1. The van der Waals surface area contributed by atoms with E-state index in [1.807, 2.05) is 31.3 Å². The molecule has 0 radical (unpaired) electrons. The van der Waals surface area contributed by atoms with Crippen LogP contribution in [-0.2, 0) is 9.59 Å². The Morgan fingerprint density at radius 2 is 2.20 bits per heavy atom. The fourth-order valence-corrected chi connectivity index (χ4v) is 2.28. The van der Waals surface area contributed by atoms with Gasteiger partial charge in [-0.2, -0.15) is 0 Å². The molecule has 1 amide bonds. The molecule has 1 atom stereocenters. The van der Waals surface area contributed by atoms with Gasteiger partial charge >= 0.3 is 5.97 Å². The van der Waals surface area contributed by atoms with Crippen molar-refractivity contribution in [1.82, 2.24) is 19.9 Å². The number of nitrogens with one attached hydrogen (secondary N) is 1. The molecule has 2 heterocycles. The highest BCUT2D eigenvalue weighted by Crippen LogP contribution is 2.12. The second kappa shape index (κ2) is 6.38. The molecule has 2 aromatic heterocycles. The minimum absolute atomic E-state index is 0.0876. The number of hydrogen-bond donors (Lipinski definition) is 2. The predicted molar refractivity (Wildman–Crippen MR) is 74.5 cm³/mol. The number of aromatic nitrogens is 3. The van der Waals surface area contributed by atoms with Crippen molar-refractivity contribution in [2.24, 2.45) is 0 Å². The average Bonchev–Trinajstić information content (AvgIpc) is 2.82. The molecule has 7 nitrogen and oxygen atoms in total. The zero-order valence-corrected chi connectivity index (χ0v) is 11.6. The molecule has 0 aliphatic carbocycles. The second-order valence-corrected chi connectivity index (χ2v) is 5.15. The number of thioether (sulfide) groups is 1. The van der Waals surface area contributed by atoms with Crippen LogP contribution in [0, 0.1) is 0 Å². The van der Waals surface area contributed by atoms with Crippen LogP contribution in [0.25, 0.3) is 5.65 Å². The average molecular weight is 294 g/mol. The van der Waals surface area contributed by atoms with E-state index in [2.05, 4.69) is 15.5 Å². The molecule has 0 fully saturated rings. The lowest BCUT2D eigenvalue weighted by Gasteiger charge is -2.11. The van der Waals surface area contributed by atoms with E-state index in [4.69, 9.17) is 5.11 Å². The molecule has 2 aromatic rings. The standard InChI is InChI=1S/C12H14N4O3S/c1-8(13-10(17)6-20-7-11(18)19)12-15-14-9-4-2-3-5-16(9)12/h2-5,8H,6-7H2,1H3,(H,13,17)(H,18,19). The first-order chi connectivity index (χ1) is 9.58. The number of carbonyl (C=O) groups is 2. The molecule has 0 saturated carbocycles. The van der Waals surface area contributed by atoms with Crippen molar-refractivity contribution in [2.45, 2.75) is 13.0 Å². The Bertz CT molecular complexity index is 628. The van der Waals surface area contributed by atoms with E-state index in [1.54, 1.807) is 4.40 Å². The van der Waals surface area contributed by atoms with Gasteiger partial charge in [-0.1, -0.05) is 6.07 Å². The van der Waals surface area contributed by atoms with Crippen LogP contribution in [0.5, 0.6) is 0 Å². The summed E-state index contributed by atoms with van der Waals surface area (Å²) in [4.78, 5) is 22.0. The monoisotopic (exact) mass is 294 g/mol. The van der Waals surface area contributed by atoms with Gasteiger partial charge in [-0.25, -0.2) is 0 Å². The summed E-state index contributed by atoms with van der Waals surface area (Å²) in [7, 11) is 0. The molecule has 106 valence electrons. The maximum Gasteiger partial charge on any atom is 0.313 e. The van der Waals surface area contributed by atoms with E-state index in [0.717, 1.165) is 11.8 Å². The minimum Gasteiger partial charge on any atom is -0.481 e. The normalized spacial score (nSPS) is 12.2. The summed E-state index contributed by atoms with van der Waals surface area (Å²) in [5, 5.41) is 19.3. The largest absolute Gasteiger partial charge is 0.481 e. The summed E-state index contributed by atoms with van der Waals surface area (Å²) in [5.41, 5.74) is 0.712. The summed E-state index contributed by atoms with van der Waals surface area (Å²) >= 11 is 1.06. The quantitative estimate of drug-likeness (QED) is 0.815. The van der Waals surface area contributed by atoms with Gasteiger partial charge in [0.2, 0.25) is 5.91 Å². The molecular weight excluding hydrogens is 280 g/mol. The summed E-state index contributed by atoms with van der Waals surface area (Å²) in [6.45, 7) is 1.81. The predicted octanol–water partition coefficient (Wildman–Crippen LogP) is 0.724. The van der Waals surface area contributed by atoms with Gasteiger partial charge in [0.05, 0.1) is 17.5 Å². The molecule has 0 aliphatic rings. The summed E-state index contributed by atoms with van der Waals surface area (Å²) in [6.07, 6.45) is 1.83. The first kappa shape index (κ1) is 14.3. The van der Waals surface area contributed by atoms with Crippen LogP contribution in [-0.4, -0.2) is 43.1 Å². The topological polar surface area (TPSA) is 96.6 Å². The maximum atomic E-state index is 11.7. The van der Waals surface area contributed by atoms with Crippen LogP contribution in [0.2, 0.25) is 0 Å². The Kier molecular flexibility index (Phi) is 4.57.